The number of hydrogen-bond donors (Lipinski definition) is 4. The van der Waals surface area contributed by atoms with Crippen molar-refractivity contribution in [3.05, 3.63) is 35.7 Å². The van der Waals surface area contributed by atoms with Crippen LogP contribution in [-0.2, 0) is 13.0 Å². The van der Waals surface area contributed by atoms with Gasteiger partial charge < -0.3 is 20.9 Å². The van der Waals surface area contributed by atoms with Crippen molar-refractivity contribution < 1.29 is 15.2 Å². The number of aromatic nitrogens is 4. The summed E-state index contributed by atoms with van der Waals surface area (Å²) in [6, 6.07) is 6.74. The molecule has 0 aliphatic carbocycles. The number of hydrogen-bond acceptors (Lipinski definition) is 7. The number of benzene rings is 1. The van der Waals surface area contributed by atoms with Gasteiger partial charge in [0.15, 0.2) is 5.82 Å². The molecule has 10 heteroatoms. The third-order valence-electron chi connectivity index (χ3n) is 3.67. The van der Waals surface area contributed by atoms with Crippen molar-refractivity contribution in [2.45, 2.75) is 44.6 Å². The van der Waals surface area contributed by atoms with Crippen LogP contribution in [0.3, 0.4) is 0 Å². The van der Waals surface area contributed by atoms with Crippen LogP contribution in [0.15, 0.2) is 24.3 Å². The molecule has 1 heterocycles. The zero-order valence-electron chi connectivity index (χ0n) is 13.3. The van der Waals surface area contributed by atoms with Crippen molar-refractivity contribution in [3.63, 3.8) is 0 Å². The summed E-state index contributed by atoms with van der Waals surface area (Å²) in [5.41, 5.74) is 7.20. The average Bonchev–Trinajstić information content (AvgIpc) is 2.99. The minimum atomic E-state index is -1.26. The fraction of sp³-hybridized carbons (Fsp3) is 0.500. The number of tetrazole rings is 1. The molecule has 5 N–H and O–H groups in total. The second kappa shape index (κ2) is 10.2. The Balaban J connectivity index is 0.00000288. The first-order valence-electron chi connectivity index (χ1n) is 7.72. The standard InChI is InChI=1S/C14H22BN5O3.ClH/c16-13(3-1-2-9-15(22)23)14-17-18-19-20(14)10-8-11-4-6-12(21)7-5-11;/h4-7,13,21-23H,1-3,8-10,16H2;1H. The Bertz CT molecular complexity index is 596. The predicted octanol–water partition coefficient (Wildman–Crippen LogP) is 0.686. The molecule has 132 valence electrons. The Morgan fingerprint density at radius 2 is 1.88 bits per heavy atom. The molecule has 24 heavy (non-hydrogen) atoms. The minimum absolute atomic E-state index is 0. The molecule has 0 spiro atoms. The molecule has 0 amide bonds. The zero-order valence-corrected chi connectivity index (χ0v) is 14.1. The molecule has 0 aliphatic rings. The molecule has 0 saturated carbocycles. The summed E-state index contributed by atoms with van der Waals surface area (Å²) < 4.78 is 1.69. The van der Waals surface area contributed by atoms with Crippen LogP contribution in [0.2, 0.25) is 6.32 Å². The van der Waals surface area contributed by atoms with Crippen molar-refractivity contribution in [2.24, 2.45) is 5.73 Å². The number of aromatic hydroxyl groups is 1. The molecule has 0 bridgehead atoms. The van der Waals surface area contributed by atoms with Crippen LogP contribution in [-0.4, -0.2) is 42.5 Å². The molecule has 1 atom stereocenters. The predicted molar refractivity (Wildman–Crippen MR) is 92.7 cm³/mol. The van der Waals surface area contributed by atoms with E-state index in [1.165, 1.54) is 0 Å². The third kappa shape index (κ3) is 6.44. The second-order valence-electron chi connectivity index (χ2n) is 5.55. The number of rotatable bonds is 9. The fourth-order valence-corrected chi connectivity index (χ4v) is 2.35. The summed E-state index contributed by atoms with van der Waals surface area (Å²) in [5, 5.41) is 38.6. The van der Waals surface area contributed by atoms with Crippen LogP contribution in [0, 0.1) is 0 Å². The van der Waals surface area contributed by atoms with E-state index in [0.29, 0.717) is 31.5 Å². The summed E-state index contributed by atoms with van der Waals surface area (Å²) in [6.07, 6.45) is 3.25. The Kier molecular flexibility index (Phi) is 8.69. The molecule has 2 rings (SSSR count). The van der Waals surface area contributed by atoms with E-state index in [-0.39, 0.29) is 24.2 Å². The first-order valence-corrected chi connectivity index (χ1v) is 7.72. The van der Waals surface area contributed by atoms with E-state index in [0.717, 1.165) is 18.4 Å². The Labute approximate surface area is 147 Å². The quantitative estimate of drug-likeness (QED) is 0.384. The number of nitrogens with two attached hydrogens (primary N) is 1. The molecule has 0 fully saturated rings. The molecule has 2 aromatic rings. The summed E-state index contributed by atoms with van der Waals surface area (Å²) in [5.74, 6) is 0.875. The average molecular weight is 356 g/mol. The summed E-state index contributed by atoms with van der Waals surface area (Å²) in [7, 11) is -1.26. The highest BCUT2D eigenvalue weighted by molar-refractivity contribution is 6.40. The van der Waals surface area contributed by atoms with Crippen molar-refractivity contribution >= 4 is 19.5 Å². The molecule has 1 unspecified atom stereocenters. The minimum Gasteiger partial charge on any atom is -0.508 e. The smallest absolute Gasteiger partial charge is 0.451 e. The van der Waals surface area contributed by atoms with Crippen molar-refractivity contribution in [3.8, 4) is 5.75 Å². The molecule has 1 aromatic heterocycles. The maximum atomic E-state index is 9.28. The maximum absolute atomic E-state index is 9.28. The lowest BCUT2D eigenvalue weighted by Crippen LogP contribution is -2.18. The summed E-state index contributed by atoms with van der Waals surface area (Å²) >= 11 is 0. The van der Waals surface area contributed by atoms with Gasteiger partial charge in [-0.05, 0) is 47.3 Å². The van der Waals surface area contributed by atoms with Gasteiger partial charge in [-0.2, -0.15) is 0 Å². The highest BCUT2D eigenvalue weighted by Crippen LogP contribution is 2.16. The van der Waals surface area contributed by atoms with E-state index < -0.39 is 7.12 Å². The summed E-state index contributed by atoms with van der Waals surface area (Å²) in [4.78, 5) is 0. The fourth-order valence-electron chi connectivity index (χ4n) is 2.35. The van der Waals surface area contributed by atoms with E-state index >= 15 is 0 Å². The van der Waals surface area contributed by atoms with Crippen LogP contribution < -0.4 is 5.73 Å². The molecule has 8 nitrogen and oxygen atoms in total. The lowest BCUT2D eigenvalue weighted by Gasteiger charge is -2.11. The number of aryl methyl sites for hydroxylation is 2. The zero-order chi connectivity index (χ0) is 16.7. The van der Waals surface area contributed by atoms with E-state index in [2.05, 4.69) is 15.5 Å². The second-order valence-corrected chi connectivity index (χ2v) is 5.55. The first-order chi connectivity index (χ1) is 11.1. The first kappa shape index (κ1) is 20.4. The molecule has 1 aromatic carbocycles. The molecule has 0 radical (unpaired) electrons. The topological polar surface area (TPSA) is 130 Å². The van der Waals surface area contributed by atoms with Gasteiger partial charge in [0, 0.05) is 6.54 Å². The van der Waals surface area contributed by atoms with Gasteiger partial charge in [0.25, 0.3) is 0 Å². The van der Waals surface area contributed by atoms with Crippen molar-refractivity contribution in [2.75, 3.05) is 0 Å². The monoisotopic (exact) mass is 355 g/mol. The van der Waals surface area contributed by atoms with Gasteiger partial charge in [0.05, 0.1) is 6.04 Å². The van der Waals surface area contributed by atoms with Crippen LogP contribution in [0.25, 0.3) is 0 Å². The van der Waals surface area contributed by atoms with Crippen LogP contribution in [0.4, 0.5) is 0 Å². The van der Waals surface area contributed by atoms with Crippen LogP contribution >= 0.6 is 12.4 Å². The number of nitrogens with zero attached hydrogens (tertiary/aromatic N) is 4. The maximum Gasteiger partial charge on any atom is 0.451 e. The molecule has 0 aliphatic heterocycles. The van der Waals surface area contributed by atoms with Crippen LogP contribution in [0.5, 0.6) is 5.75 Å². The van der Waals surface area contributed by atoms with Crippen LogP contribution in [0.1, 0.15) is 36.7 Å². The van der Waals surface area contributed by atoms with E-state index in [4.69, 9.17) is 15.8 Å². The number of halogens is 1. The molecular formula is C14H23BClN5O3. The number of unbranched alkanes of at least 4 members (excludes halogenated alkanes) is 1. The third-order valence-corrected chi connectivity index (χ3v) is 3.67. The Morgan fingerprint density at radius 1 is 1.17 bits per heavy atom. The van der Waals surface area contributed by atoms with Crippen molar-refractivity contribution in [1.29, 1.82) is 0 Å². The van der Waals surface area contributed by atoms with Gasteiger partial charge in [-0.3, -0.25) is 0 Å². The highest BCUT2D eigenvalue weighted by atomic mass is 35.5. The van der Waals surface area contributed by atoms with Gasteiger partial charge in [-0.15, -0.1) is 17.5 Å². The Hall–Kier alpha value is -1.68. The number of phenolic OH excluding ortho intramolecular Hbond substituents is 1. The SMILES string of the molecule is Cl.NC(CCCCB(O)O)c1nnnn1CCc1ccc(O)cc1. The molecular weight excluding hydrogens is 332 g/mol. The van der Waals surface area contributed by atoms with Gasteiger partial charge in [-0.25, -0.2) is 4.68 Å². The number of phenols is 1. The largest absolute Gasteiger partial charge is 0.508 e. The van der Waals surface area contributed by atoms with E-state index in [1.807, 2.05) is 12.1 Å². The van der Waals surface area contributed by atoms with Gasteiger partial charge in [0.1, 0.15) is 5.75 Å². The van der Waals surface area contributed by atoms with Crippen molar-refractivity contribution in [1.82, 2.24) is 20.2 Å². The van der Waals surface area contributed by atoms with Gasteiger partial charge in [0.2, 0.25) is 0 Å². The van der Waals surface area contributed by atoms with E-state index in [1.54, 1.807) is 16.8 Å². The highest BCUT2D eigenvalue weighted by Gasteiger charge is 2.15. The van der Waals surface area contributed by atoms with Gasteiger partial charge in [-0.1, -0.05) is 25.0 Å². The molecule has 0 saturated heterocycles. The lowest BCUT2D eigenvalue weighted by atomic mass is 9.83. The summed E-state index contributed by atoms with van der Waals surface area (Å²) in [6.45, 7) is 0.607. The van der Waals surface area contributed by atoms with Gasteiger partial charge >= 0.3 is 7.12 Å². The van der Waals surface area contributed by atoms with E-state index in [9.17, 15) is 5.11 Å². The normalized spacial score (nSPS) is 11.8. The Morgan fingerprint density at radius 3 is 2.54 bits per heavy atom. The lowest BCUT2D eigenvalue weighted by molar-refractivity contribution is 0.400.